The van der Waals surface area contributed by atoms with Gasteiger partial charge in [0.2, 0.25) is 0 Å². The number of carbonyl (C=O) groups is 1. The first-order valence-electron chi connectivity index (χ1n) is 4.15. The van der Waals surface area contributed by atoms with E-state index in [0.29, 0.717) is 0 Å². The zero-order valence-corrected chi connectivity index (χ0v) is 8.13. The van der Waals surface area contributed by atoms with Gasteiger partial charge in [0.05, 0.1) is 5.69 Å². The first-order chi connectivity index (χ1) is 6.11. The minimum Gasteiger partial charge on any atom is -0.459 e. The van der Waals surface area contributed by atoms with Crippen molar-refractivity contribution in [3.8, 4) is 0 Å². The fourth-order valence-electron chi connectivity index (χ4n) is 1.00. The number of aryl methyl sites for hydroxylation is 1. The Balaban J connectivity index is 2.77. The standard InChI is InChI=1S/C10H13NO2/c1-7-4-5-11-10(8(7)2)6-13-9(3)12/h4-5H,6H2,1-3H3. The summed E-state index contributed by atoms with van der Waals surface area (Å²) in [4.78, 5) is 14.7. The monoisotopic (exact) mass is 179 g/mol. The van der Waals surface area contributed by atoms with E-state index < -0.39 is 0 Å². The summed E-state index contributed by atoms with van der Waals surface area (Å²) in [5.41, 5.74) is 3.08. The smallest absolute Gasteiger partial charge is 0.303 e. The van der Waals surface area contributed by atoms with Gasteiger partial charge in [-0.3, -0.25) is 9.78 Å². The molecular formula is C10H13NO2. The summed E-state index contributed by atoms with van der Waals surface area (Å²) in [6.07, 6.45) is 1.72. The minimum absolute atomic E-state index is 0.267. The van der Waals surface area contributed by atoms with Crippen molar-refractivity contribution in [2.75, 3.05) is 0 Å². The molecule has 3 nitrogen and oxygen atoms in total. The lowest BCUT2D eigenvalue weighted by atomic mass is 10.1. The Labute approximate surface area is 77.8 Å². The van der Waals surface area contributed by atoms with Crippen molar-refractivity contribution >= 4 is 5.97 Å². The Morgan fingerprint density at radius 3 is 2.85 bits per heavy atom. The van der Waals surface area contributed by atoms with Gasteiger partial charge in [-0.15, -0.1) is 0 Å². The molecule has 0 amide bonds. The van der Waals surface area contributed by atoms with Crippen LogP contribution in [-0.4, -0.2) is 11.0 Å². The highest BCUT2D eigenvalue weighted by Crippen LogP contribution is 2.10. The molecule has 0 bridgehead atoms. The second-order valence-corrected chi connectivity index (χ2v) is 2.98. The first kappa shape index (κ1) is 9.71. The van der Waals surface area contributed by atoms with Gasteiger partial charge in [0.25, 0.3) is 0 Å². The van der Waals surface area contributed by atoms with E-state index in [9.17, 15) is 4.79 Å². The van der Waals surface area contributed by atoms with Gasteiger partial charge in [-0.1, -0.05) is 0 Å². The predicted molar refractivity (Wildman–Crippen MR) is 49.2 cm³/mol. The molecule has 0 radical (unpaired) electrons. The maximum Gasteiger partial charge on any atom is 0.303 e. The van der Waals surface area contributed by atoms with Crippen LogP contribution in [0.15, 0.2) is 12.3 Å². The van der Waals surface area contributed by atoms with Crippen molar-refractivity contribution in [3.63, 3.8) is 0 Å². The molecule has 0 spiro atoms. The van der Waals surface area contributed by atoms with E-state index >= 15 is 0 Å². The van der Waals surface area contributed by atoms with Crippen LogP contribution in [0.25, 0.3) is 0 Å². The van der Waals surface area contributed by atoms with E-state index in [0.717, 1.165) is 16.8 Å². The molecule has 0 aliphatic carbocycles. The second kappa shape index (κ2) is 4.03. The molecule has 1 heterocycles. The van der Waals surface area contributed by atoms with Gasteiger partial charge in [-0.2, -0.15) is 0 Å². The van der Waals surface area contributed by atoms with Crippen LogP contribution in [0.2, 0.25) is 0 Å². The number of hydrogen-bond acceptors (Lipinski definition) is 3. The van der Waals surface area contributed by atoms with Gasteiger partial charge in [0.1, 0.15) is 6.61 Å². The summed E-state index contributed by atoms with van der Waals surface area (Å²) in [5, 5.41) is 0. The summed E-state index contributed by atoms with van der Waals surface area (Å²) >= 11 is 0. The Morgan fingerprint density at radius 1 is 1.54 bits per heavy atom. The number of hydrogen-bond donors (Lipinski definition) is 0. The van der Waals surface area contributed by atoms with Crippen LogP contribution in [0.3, 0.4) is 0 Å². The SMILES string of the molecule is CC(=O)OCc1nccc(C)c1C. The lowest BCUT2D eigenvalue weighted by Crippen LogP contribution is -2.03. The van der Waals surface area contributed by atoms with Gasteiger partial charge in [-0.05, 0) is 31.0 Å². The summed E-state index contributed by atoms with van der Waals surface area (Å²) in [6, 6.07) is 1.94. The number of rotatable bonds is 2. The lowest BCUT2D eigenvalue weighted by molar-refractivity contribution is -0.142. The first-order valence-corrected chi connectivity index (χ1v) is 4.15. The molecule has 0 fully saturated rings. The topological polar surface area (TPSA) is 39.2 Å². The normalized spacial score (nSPS) is 9.77. The molecule has 0 unspecified atom stereocenters. The zero-order valence-electron chi connectivity index (χ0n) is 8.13. The molecule has 3 heteroatoms. The van der Waals surface area contributed by atoms with Crippen LogP contribution in [0, 0.1) is 13.8 Å². The summed E-state index contributed by atoms with van der Waals surface area (Å²) in [7, 11) is 0. The van der Waals surface area contributed by atoms with Crippen molar-refractivity contribution in [2.45, 2.75) is 27.4 Å². The fraction of sp³-hybridized carbons (Fsp3) is 0.400. The van der Waals surface area contributed by atoms with E-state index in [4.69, 9.17) is 4.74 Å². The van der Waals surface area contributed by atoms with Crippen molar-refractivity contribution in [1.82, 2.24) is 4.98 Å². The summed E-state index contributed by atoms with van der Waals surface area (Å²) < 4.78 is 4.86. The van der Waals surface area contributed by atoms with Gasteiger partial charge >= 0.3 is 5.97 Å². The van der Waals surface area contributed by atoms with Gasteiger partial charge in [0, 0.05) is 13.1 Å². The Bertz CT molecular complexity index is 321. The van der Waals surface area contributed by atoms with Crippen LogP contribution in [0.4, 0.5) is 0 Å². The number of nitrogens with zero attached hydrogens (tertiary/aromatic N) is 1. The van der Waals surface area contributed by atoms with E-state index in [1.807, 2.05) is 19.9 Å². The maximum absolute atomic E-state index is 10.6. The molecule has 1 aromatic heterocycles. The van der Waals surface area contributed by atoms with Crippen LogP contribution in [-0.2, 0) is 16.1 Å². The maximum atomic E-state index is 10.6. The Morgan fingerprint density at radius 2 is 2.23 bits per heavy atom. The van der Waals surface area contributed by atoms with E-state index in [1.54, 1.807) is 6.20 Å². The number of aromatic nitrogens is 1. The molecule has 70 valence electrons. The third-order valence-electron chi connectivity index (χ3n) is 1.99. The predicted octanol–water partition coefficient (Wildman–Crippen LogP) is 1.76. The van der Waals surface area contributed by atoms with Crippen molar-refractivity contribution < 1.29 is 9.53 Å². The molecule has 0 atom stereocenters. The molecule has 0 N–H and O–H groups in total. The van der Waals surface area contributed by atoms with E-state index in [1.165, 1.54) is 6.92 Å². The highest BCUT2D eigenvalue weighted by Gasteiger charge is 2.03. The average Bonchev–Trinajstić information content (AvgIpc) is 2.07. The van der Waals surface area contributed by atoms with E-state index in [2.05, 4.69) is 4.98 Å². The third kappa shape index (κ3) is 2.54. The van der Waals surface area contributed by atoms with Crippen molar-refractivity contribution in [1.29, 1.82) is 0 Å². The largest absolute Gasteiger partial charge is 0.459 e. The molecule has 0 saturated carbocycles. The quantitative estimate of drug-likeness (QED) is 0.649. The molecule has 0 aromatic carbocycles. The van der Waals surface area contributed by atoms with Crippen molar-refractivity contribution in [2.24, 2.45) is 0 Å². The van der Waals surface area contributed by atoms with Crippen LogP contribution in [0.1, 0.15) is 23.7 Å². The van der Waals surface area contributed by atoms with Gasteiger partial charge in [-0.25, -0.2) is 0 Å². The molecule has 0 saturated heterocycles. The molecule has 1 aromatic rings. The van der Waals surface area contributed by atoms with Crippen LogP contribution < -0.4 is 0 Å². The molecule has 1 rings (SSSR count). The molecule has 13 heavy (non-hydrogen) atoms. The summed E-state index contributed by atoms with van der Waals surface area (Å²) in [5.74, 6) is -0.275. The van der Waals surface area contributed by atoms with E-state index in [-0.39, 0.29) is 12.6 Å². The number of ether oxygens (including phenoxy) is 1. The molecule has 0 aliphatic heterocycles. The fourth-order valence-corrected chi connectivity index (χ4v) is 1.00. The van der Waals surface area contributed by atoms with Crippen LogP contribution in [0.5, 0.6) is 0 Å². The Kier molecular flexibility index (Phi) is 3.01. The van der Waals surface area contributed by atoms with Crippen LogP contribution >= 0.6 is 0 Å². The van der Waals surface area contributed by atoms with Gasteiger partial charge in [0.15, 0.2) is 0 Å². The zero-order chi connectivity index (χ0) is 9.84. The highest BCUT2D eigenvalue weighted by molar-refractivity contribution is 5.65. The van der Waals surface area contributed by atoms with Gasteiger partial charge < -0.3 is 4.74 Å². The second-order valence-electron chi connectivity index (χ2n) is 2.98. The number of carbonyl (C=O) groups excluding carboxylic acids is 1. The number of esters is 1. The molecule has 0 aliphatic rings. The van der Waals surface area contributed by atoms with Crippen molar-refractivity contribution in [3.05, 3.63) is 29.1 Å². The minimum atomic E-state index is -0.275. The lowest BCUT2D eigenvalue weighted by Gasteiger charge is -2.06. The number of pyridine rings is 1. The Hall–Kier alpha value is -1.38. The molecular weight excluding hydrogens is 166 g/mol. The highest BCUT2D eigenvalue weighted by atomic mass is 16.5. The average molecular weight is 179 g/mol. The third-order valence-corrected chi connectivity index (χ3v) is 1.99. The summed E-state index contributed by atoms with van der Waals surface area (Å²) in [6.45, 7) is 5.64.